The first-order chi connectivity index (χ1) is 9.81. The number of nitriles is 1. The fourth-order valence-electron chi connectivity index (χ4n) is 1.71. The number of anilines is 2. The molecule has 0 aliphatic carbocycles. The van der Waals surface area contributed by atoms with Crippen molar-refractivity contribution in [3.05, 3.63) is 57.0 Å². The van der Waals surface area contributed by atoms with Gasteiger partial charge in [-0.1, -0.05) is 11.6 Å². The molecule has 7 heteroatoms. The first-order valence-corrected chi connectivity index (χ1v) is 6.82. The van der Waals surface area contributed by atoms with Gasteiger partial charge in [0, 0.05) is 15.2 Å². The van der Waals surface area contributed by atoms with E-state index in [9.17, 15) is 13.2 Å². The zero-order valence-electron chi connectivity index (χ0n) is 10.3. The van der Waals surface area contributed by atoms with Crippen molar-refractivity contribution in [1.29, 1.82) is 5.26 Å². The lowest BCUT2D eigenvalue weighted by Crippen LogP contribution is -2.08. The van der Waals surface area contributed by atoms with Gasteiger partial charge in [-0.15, -0.1) is 0 Å². The fraction of sp³-hybridized carbons (Fsp3) is 0.0714. The van der Waals surface area contributed by atoms with Gasteiger partial charge in [-0.25, -0.2) is 0 Å². The smallest absolute Gasteiger partial charge is 0.355 e. The van der Waals surface area contributed by atoms with Gasteiger partial charge in [0.05, 0.1) is 22.9 Å². The van der Waals surface area contributed by atoms with Crippen molar-refractivity contribution < 1.29 is 13.2 Å². The zero-order chi connectivity index (χ0) is 15.6. The van der Waals surface area contributed by atoms with Crippen molar-refractivity contribution in [2.24, 2.45) is 0 Å². The van der Waals surface area contributed by atoms with Crippen molar-refractivity contribution in [2.45, 2.75) is 6.18 Å². The molecule has 2 aromatic rings. The maximum Gasteiger partial charge on any atom is 0.417 e. The van der Waals surface area contributed by atoms with Crippen LogP contribution in [0.25, 0.3) is 0 Å². The summed E-state index contributed by atoms with van der Waals surface area (Å²) in [7, 11) is 0. The lowest BCUT2D eigenvalue weighted by molar-refractivity contribution is -0.137. The largest absolute Gasteiger partial charge is 0.417 e. The van der Waals surface area contributed by atoms with Crippen LogP contribution in [-0.2, 0) is 6.18 Å². The summed E-state index contributed by atoms with van der Waals surface area (Å²) in [4.78, 5) is 0. The third-order valence-electron chi connectivity index (χ3n) is 2.65. The first-order valence-electron chi connectivity index (χ1n) is 5.64. The van der Waals surface area contributed by atoms with E-state index in [1.165, 1.54) is 6.07 Å². The lowest BCUT2D eigenvalue weighted by atomic mass is 10.1. The second-order valence-corrected chi connectivity index (χ2v) is 5.41. The molecule has 1 N–H and O–H groups in total. The number of hydrogen-bond donors (Lipinski definition) is 1. The van der Waals surface area contributed by atoms with Crippen molar-refractivity contribution in [3.8, 4) is 6.07 Å². The minimum Gasteiger partial charge on any atom is -0.355 e. The first kappa shape index (κ1) is 15.7. The summed E-state index contributed by atoms with van der Waals surface area (Å²) in [6.45, 7) is 0. The van der Waals surface area contributed by atoms with E-state index >= 15 is 0 Å². The Morgan fingerprint density at radius 3 is 2.48 bits per heavy atom. The molecule has 0 heterocycles. The highest BCUT2D eigenvalue weighted by Crippen LogP contribution is 2.34. The standard InChI is InChI=1S/C14H7BrClF3N2/c15-12-4-1-9(16)6-13(12)21-10-2-3-11(14(17,18)19)8(5-10)7-20/h1-6,21H. The molecule has 0 saturated carbocycles. The molecule has 0 radical (unpaired) electrons. The van der Waals surface area contributed by atoms with Crippen molar-refractivity contribution >= 4 is 38.9 Å². The van der Waals surface area contributed by atoms with Gasteiger partial charge in [-0.3, -0.25) is 0 Å². The molecule has 0 aliphatic heterocycles. The van der Waals surface area contributed by atoms with E-state index in [4.69, 9.17) is 16.9 Å². The van der Waals surface area contributed by atoms with Crippen LogP contribution in [0.3, 0.4) is 0 Å². The number of alkyl halides is 3. The normalized spacial score (nSPS) is 11.0. The van der Waals surface area contributed by atoms with Crippen LogP contribution < -0.4 is 5.32 Å². The summed E-state index contributed by atoms with van der Waals surface area (Å²) in [6, 6.07) is 9.84. The lowest BCUT2D eigenvalue weighted by Gasteiger charge is -2.12. The molecule has 2 rings (SSSR count). The highest BCUT2D eigenvalue weighted by Gasteiger charge is 2.33. The second kappa shape index (κ2) is 5.96. The Hall–Kier alpha value is -1.71. The molecule has 0 aromatic heterocycles. The van der Waals surface area contributed by atoms with Crippen LogP contribution in [0.5, 0.6) is 0 Å². The summed E-state index contributed by atoms with van der Waals surface area (Å²) in [5.41, 5.74) is -0.444. The topological polar surface area (TPSA) is 35.8 Å². The van der Waals surface area contributed by atoms with Crippen molar-refractivity contribution in [1.82, 2.24) is 0 Å². The average Bonchev–Trinajstić information content (AvgIpc) is 2.41. The van der Waals surface area contributed by atoms with Crippen molar-refractivity contribution in [3.63, 3.8) is 0 Å². The van der Waals surface area contributed by atoms with E-state index in [1.807, 2.05) is 0 Å². The number of nitrogens with zero attached hydrogens (tertiary/aromatic N) is 1. The van der Waals surface area contributed by atoms with Gasteiger partial charge in [0.2, 0.25) is 0 Å². The highest BCUT2D eigenvalue weighted by atomic mass is 79.9. The molecule has 2 aromatic carbocycles. The maximum absolute atomic E-state index is 12.7. The quantitative estimate of drug-likeness (QED) is 0.727. The monoisotopic (exact) mass is 374 g/mol. The van der Waals surface area contributed by atoms with Crippen LogP contribution in [0.4, 0.5) is 24.5 Å². The molecule has 0 atom stereocenters. The third kappa shape index (κ3) is 3.69. The van der Waals surface area contributed by atoms with Gasteiger partial charge < -0.3 is 5.32 Å². The Labute approximate surface area is 132 Å². The van der Waals surface area contributed by atoms with E-state index in [-0.39, 0.29) is 0 Å². The minimum absolute atomic E-state index is 0.363. The zero-order valence-corrected chi connectivity index (χ0v) is 12.6. The van der Waals surface area contributed by atoms with Crippen molar-refractivity contribution in [2.75, 3.05) is 5.32 Å². The van der Waals surface area contributed by atoms with Gasteiger partial charge in [0.15, 0.2) is 0 Å². The maximum atomic E-state index is 12.7. The Morgan fingerprint density at radius 1 is 1.14 bits per heavy atom. The number of halogens is 5. The van der Waals surface area contributed by atoms with E-state index in [0.29, 0.717) is 20.9 Å². The number of rotatable bonds is 2. The van der Waals surface area contributed by atoms with Crippen LogP contribution in [0.1, 0.15) is 11.1 Å². The number of nitrogens with one attached hydrogen (secondary N) is 1. The Bertz CT molecular complexity index is 723. The van der Waals surface area contributed by atoms with E-state index < -0.39 is 17.3 Å². The van der Waals surface area contributed by atoms with Gasteiger partial charge in [-0.05, 0) is 52.3 Å². The fourth-order valence-corrected chi connectivity index (χ4v) is 2.23. The average molecular weight is 376 g/mol. The minimum atomic E-state index is -4.56. The van der Waals surface area contributed by atoms with Crippen LogP contribution >= 0.6 is 27.5 Å². The second-order valence-electron chi connectivity index (χ2n) is 4.12. The molecule has 0 bridgehead atoms. The van der Waals surface area contributed by atoms with Crippen LogP contribution in [-0.4, -0.2) is 0 Å². The molecule has 2 nitrogen and oxygen atoms in total. The van der Waals surface area contributed by atoms with Gasteiger partial charge in [-0.2, -0.15) is 18.4 Å². The van der Waals surface area contributed by atoms with Gasteiger partial charge >= 0.3 is 6.18 Å². The molecule has 0 fully saturated rings. The predicted octanol–water partition coefficient (Wildman–Crippen LogP) is 5.74. The summed E-state index contributed by atoms with van der Waals surface area (Å²) >= 11 is 9.17. The SMILES string of the molecule is N#Cc1cc(Nc2cc(Cl)ccc2Br)ccc1C(F)(F)F. The molecule has 0 amide bonds. The van der Waals surface area contributed by atoms with Crippen LogP contribution in [0.2, 0.25) is 5.02 Å². The number of benzene rings is 2. The molecule has 108 valence electrons. The molecule has 0 aliphatic rings. The highest BCUT2D eigenvalue weighted by molar-refractivity contribution is 9.10. The van der Waals surface area contributed by atoms with Gasteiger partial charge in [0.25, 0.3) is 0 Å². The molecular weight excluding hydrogens is 369 g/mol. The predicted molar refractivity (Wildman–Crippen MR) is 78.6 cm³/mol. The van der Waals surface area contributed by atoms with Crippen LogP contribution in [0, 0.1) is 11.3 Å². The molecule has 21 heavy (non-hydrogen) atoms. The Kier molecular flexibility index (Phi) is 4.45. The molecule has 0 saturated heterocycles. The Balaban J connectivity index is 2.39. The molecular formula is C14H7BrClF3N2. The summed E-state index contributed by atoms with van der Waals surface area (Å²) in [5, 5.41) is 12.3. The van der Waals surface area contributed by atoms with E-state index in [0.717, 1.165) is 12.1 Å². The summed E-state index contributed by atoms with van der Waals surface area (Å²) < 4.78 is 38.8. The third-order valence-corrected chi connectivity index (χ3v) is 3.58. The summed E-state index contributed by atoms with van der Waals surface area (Å²) in [6.07, 6.45) is -4.56. The Morgan fingerprint density at radius 2 is 1.86 bits per heavy atom. The molecule has 0 spiro atoms. The number of hydrogen-bond acceptors (Lipinski definition) is 2. The summed E-state index contributed by atoms with van der Waals surface area (Å²) in [5.74, 6) is 0. The van der Waals surface area contributed by atoms with E-state index in [1.54, 1.807) is 24.3 Å². The van der Waals surface area contributed by atoms with E-state index in [2.05, 4.69) is 21.2 Å². The van der Waals surface area contributed by atoms with Gasteiger partial charge in [0.1, 0.15) is 0 Å². The van der Waals surface area contributed by atoms with Crippen LogP contribution in [0.15, 0.2) is 40.9 Å². The molecule has 0 unspecified atom stereocenters.